The number of aliphatic hydroxyl groups is 1. The smallest absolute Gasteiger partial charge is 0.305 e. The highest BCUT2D eigenvalue weighted by Gasteiger charge is 2.63. The molecule has 164 valence electrons. The van der Waals surface area contributed by atoms with Crippen molar-refractivity contribution in [1.82, 2.24) is 0 Å². The summed E-state index contributed by atoms with van der Waals surface area (Å²) in [6.45, 7) is 7.03. The summed E-state index contributed by atoms with van der Waals surface area (Å²) in [5, 5.41) is 10.2. The first-order valence-electron chi connectivity index (χ1n) is 12.0. The number of hydrogen-bond donors (Lipinski definition) is 1. The number of aliphatic hydroxyl groups excluding tert-OH is 1. The lowest BCUT2D eigenvalue weighted by Gasteiger charge is -2.60. The van der Waals surface area contributed by atoms with E-state index in [-0.39, 0.29) is 28.8 Å². The van der Waals surface area contributed by atoms with E-state index in [1.165, 1.54) is 26.4 Å². The molecule has 0 aromatic rings. The van der Waals surface area contributed by atoms with Crippen molar-refractivity contribution in [3.05, 3.63) is 0 Å². The summed E-state index contributed by atoms with van der Waals surface area (Å²) in [6, 6.07) is 0. The molecule has 0 saturated heterocycles. The zero-order chi connectivity index (χ0) is 21.0. The Labute approximate surface area is 176 Å². The van der Waals surface area contributed by atoms with Gasteiger partial charge in [0.1, 0.15) is 5.78 Å². The minimum atomic E-state index is -0.167. The summed E-state index contributed by atoms with van der Waals surface area (Å²) in [6.07, 6.45) is 9.42. The van der Waals surface area contributed by atoms with E-state index >= 15 is 0 Å². The highest BCUT2D eigenvalue weighted by Crippen LogP contribution is 2.67. The molecule has 0 unspecified atom stereocenters. The Morgan fingerprint density at radius 3 is 2.66 bits per heavy atom. The zero-order valence-corrected chi connectivity index (χ0v) is 18.8. The van der Waals surface area contributed by atoms with Gasteiger partial charge in [0, 0.05) is 18.8 Å². The number of Topliss-reactive ketones (excluding diaryl/α,β-unsaturated/α-hetero) is 1. The second kappa shape index (κ2) is 7.66. The Morgan fingerprint density at radius 2 is 1.93 bits per heavy atom. The summed E-state index contributed by atoms with van der Waals surface area (Å²) in [4.78, 5) is 25.3. The molecule has 0 heterocycles. The van der Waals surface area contributed by atoms with E-state index in [1.54, 1.807) is 0 Å². The molecule has 4 aliphatic rings. The fourth-order valence-electron chi connectivity index (χ4n) is 8.67. The van der Waals surface area contributed by atoms with Crippen molar-refractivity contribution in [2.75, 3.05) is 7.11 Å². The minimum Gasteiger partial charge on any atom is -0.469 e. The number of methoxy groups -OCH3 is 1. The van der Waals surface area contributed by atoms with E-state index in [9.17, 15) is 14.7 Å². The Hall–Kier alpha value is -0.900. The topological polar surface area (TPSA) is 63.6 Å². The number of carbonyl (C=O) groups excluding carboxylic acids is 2. The van der Waals surface area contributed by atoms with Crippen molar-refractivity contribution in [1.29, 1.82) is 0 Å². The van der Waals surface area contributed by atoms with Gasteiger partial charge in [0.05, 0.1) is 13.2 Å². The molecule has 4 heteroatoms. The van der Waals surface area contributed by atoms with Crippen LogP contribution in [0.4, 0.5) is 0 Å². The lowest BCUT2D eigenvalue weighted by molar-refractivity contribution is -0.162. The van der Waals surface area contributed by atoms with Gasteiger partial charge in [-0.1, -0.05) is 20.8 Å². The van der Waals surface area contributed by atoms with Crippen LogP contribution in [0.15, 0.2) is 0 Å². The standard InChI is InChI=1S/C25H40O4/c1-15(5-10-22(28)29-4)19-8-9-20-18-7-6-16-13-17(26)11-12-24(16,2)23(18)21(27)14-25(19,20)3/h15-20,23,26H,5-14H2,1-4H3/t15-,16+,17-,18+,19-,20+,23-,24+,25-/m1/s1. The number of carbonyl (C=O) groups is 2. The van der Waals surface area contributed by atoms with Crippen molar-refractivity contribution >= 4 is 11.8 Å². The van der Waals surface area contributed by atoms with E-state index in [2.05, 4.69) is 20.8 Å². The second-order valence-electron chi connectivity index (χ2n) is 11.4. The molecule has 0 aliphatic heterocycles. The van der Waals surface area contributed by atoms with Gasteiger partial charge < -0.3 is 9.84 Å². The third-order valence-corrected chi connectivity index (χ3v) is 10.1. The molecule has 0 spiro atoms. The molecule has 0 bridgehead atoms. The Balaban J connectivity index is 1.54. The van der Waals surface area contributed by atoms with Gasteiger partial charge in [0.2, 0.25) is 0 Å². The van der Waals surface area contributed by atoms with Crippen molar-refractivity contribution in [2.24, 2.45) is 46.3 Å². The molecular weight excluding hydrogens is 364 g/mol. The monoisotopic (exact) mass is 404 g/mol. The minimum absolute atomic E-state index is 0.0885. The van der Waals surface area contributed by atoms with E-state index < -0.39 is 0 Å². The second-order valence-corrected chi connectivity index (χ2v) is 11.4. The normalized spacial score (nSPS) is 47.7. The van der Waals surface area contributed by atoms with Crippen molar-refractivity contribution < 1.29 is 19.4 Å². The van der Waals surface area contributed by atoms with Gasteiger partial charge in [-0.3, -0.25) is 9.59 Å². The number of rotatable bonds is 4. The van der Waals surface area contributed by atoms with Crippen molar-refractivity contribution in [3.8, 4) is 0 Å². The maximum Gasteiger partial charge on any atom is 0.305 e. The highest BCUT2D eigenvalue weighted by molar-refractivity contribution is 5.84. The molecule has 4 fully saturated rings. The average molecular weight is 405 g/mol. The van der Waals surface area contributed by atoms with Crippen LogP contribution >= 0.6 is 0 Å². The number of esters is 1. The van der Waals surface area contributed by atoms with Gasteiger partial charge in [-0.2, -0.15) is 0 Å². The van der Waals surface area contributed by atoms with Crippen molar-refractivity contribution in [3.63, 3.8) is 0 Å². The number of fused-ring (bicyclic) bond motifs is 5. The summed E-state index contributed by atoms with van der Waals surface area (Å²) in [5.74, 6) is 3.24. The van der Waals surface area contributed by atoms with Crippen LogP contribution < -0.4 is 0 Å². The maximum atomic E-state index is 13.7. The van der Waals surface area contributed by atoms with Gasteiger partial charge in [0.15, 0.2) is 0 Å². The summed E-state index contributed by atoms with van der Waals surface area (Å²) in [5.41, 5.74) is 0.181. The van der Waals surface area contributed by atoms with Gasteiger partial charge in [-0.15, -0.1) is 0 Å². The molecule has 29 heavy (non-hydrogen) atoms. The molecule has 4 aliphatic carbocycles. The van der Waals surface area contributed by atoms with Crippen LogP contribution in [0.25, 0.3) is 0 Å². The number of ether oxygens (including phenoxy) is 1. The van der Waals surface area contributed by atoms with Crippen LogP contribution in [0.5, 0.6) is 0 Å². The lowest BCUT2D eigenvalue weighted by Crippen LogP contribution is -2.57. The summed E-state index contributed by atoms with van der Waals surface area (Å²) < 4.78 is 4.84. The van der Waals surface area contributed by atoms with Crippen LogP contribution in [0, 0.1) is 46.3 Å². The van der Waals surface area contributed by atoms with Crippen LogP contribution in [0.1, 0.15) is 85.0 Å². The zero-order valence-electron chi connectivity index (χ0n) is 18.8. The molecule has 4 nitrogen and oxygen atoms in total. The average Bonchev–Trinajstić information content (AvgIpc) is 3.02. The van der Waals surface area contributed by atoms with Gasteiger partial charge in [-0.05, 0) is 91.8 Å². The molecule has 0 radical (unpaired) electrons. The lowest BCUT2D eigenvalue weighted by atomic mass is 9.44. The predicted octanol–water partition coefficient (Wildman–Crippen LogP) is 4.77. The van der Waals surface area contributed by atoms with E-state index in [0.29, 0.717) is 41.8 Å². The SMILES string of the molecule is COC(=O)CC[C@@H](C)[C@H]1CC[C@H]2[C@@H]3CC[C@H]4C[C@H](O)CC[C@]4(C)[C@H]3C(=O)C[C@]12C. The van der Waals surface area contributed by atoms with E-state index in [1.807, 2.05) is 0 Å². The first kappa shape index (κ1) is 21.3. The molecule has 4 saturated carbocycles. The summed E-state index contributed by atoms with van der Waals surface area (Å²) >= 11 is 0. The van der Waals surface area contributed by atoms with Gasteiger partial charge in [0.25, 0.3) is 0 Å². The summed E-state index contributed by atoms with van der Waals surface area (Å²) in [7, 11) is 1.46. The Morgan fingerprint density at radius 1 is 1.17 bits per heavy atom. The fourth-order valence-corrected chi connectivity index (χ4v) is 8.67. The Kier molecular flexibility index (Phi) is 5.63. The molecule has 0 aromatic heterocycles. The predicted molar refractivity (Wildman–Crippen MR) is 112 cm³/mol. The van der Waals surface area contributed by atoms with Gasteiger partial charge >= 0.3 is 5.97 Å². The van der Waals surface area contributed by atoms with E-state index in [0.717, 1.165) is 38.5 Å². The largest absolute Gasteiger partial charge is 0.469 e. The molecule has 4 rings (SSSR count). The maximum absolute atomic E-state index is 13.7. The van der Waals surface area contributed by atoms with Crippen LogP contribution in [-0.4, -0.2) is 30.1 Å². The van der Waals surface area contributed by atoms with Crippen molar-refractivity contribution in [2.45, 2.75) is 91.1 Å². The molecular formula is C25H40O4. The quantitative estimate of drug-likeness (QED) is 0.685. The van der Waals surface area contributed by atoms with E-state index in [4.69, 9.17) is 4.74 Å². The molecule has 9 atom stereocenters. The highest BCUT2D eigenvalue weighted by atomic mass is 16.5. The number of hydrogen-bond acceptors (Lipinski definition) is 4. The first-order chi connectivity index (χ1) is 13.7. The third kappa shape index (κ3) is 3.38. The van der Waals surface area contributed by atoms with Gasteiger partial charge in [-0.25, -0.2) is 0 Å². The molecule has 1 N–H and O–H groups in total. The number of ketones is 1. The molecule has 0 amide bonds. The first-order valence-corrected chi connectivity index (χ1v) is 12.0. The third-order valence-electron chi connectivity index (χ3n) is 10.1. The van der Waals surface area contributed by atoms with Crippen LogP contribution in [0.2, 0.25) is 0 Å². The fraction of sp³-hybridized carbons (Fsp3) is 0.920. The molecule has 0 aromatic carbocycles. The van der Waals surface area contributed by atoms with Crippen LogP contribution in [0.3, 0.4) is 0 Å². The Bertz CT molecular complexity index is 659. The van der Waals surface area contributed by atoms with Crippen LogP contribution in [-0.2, 0) is 14.3 Å².